The van der Waals surface area contributed by atoms with E-state index in [1.165, 1.54) is 25.7 Å². The van der Waals surface area contributed by atoms with Crippen LogP contribution in [0.2, 0.25) is 0 Å². The van der Waals surface area contributed by atoms with Crippen molar-refractivity contribution in [2.75, 3.05) is 6.67 Å². The number of nitrogens with two attached hydrogens (primary N) is 1. The highest BCUT2D eigenvalue weighted by Crippen LogP contribution is 2.29. The number of amidine groups is 1. The maximum absolute atomic E-state index is 5.48. The van der Waals surface area contributed by atoms with Crippen LogP contribution in [0, 0.1) is 11.8 Å². The summed E-state index contributed by atoms with van der Waals surface area (Å²) in [6, 6.07) is 0.656. The molecule has 0 bridgehead atoms. The van der Waals surface area contributed by atoms with Gasteiger partial charge in [0, 0.05) is 6.04 Å². The van der Waals surface area contributed by atoms with Gasteiger partial charge in [0.25, 0.3) is 0 Å². The van der Waals surface area contributed by atoms with Gasteiger partial charge in [0.1, 0.15) is 0 Å². The topological polar surface area (TPSA) is 50.4 Å². The Morgan fingerprint density at radius 1 is 1.33 bits per heavy atom. The first-order valence-corrected chi connectivity index (χ1v) is 6.09. The molecular formula is C12H25N3. The summed E-state index contributed by atoms with van der Waals surface area (Å²) < 4.78 is 0. The molecule has 0 aromatic rings. The highest BCUT2D eigenvalue weighted by atomic mass is 15.0. The molecule has 1 aliphatic carbocycles. The first-order chi connectivity index (χ1) is 7.09. The van der Waals surface area contributed by atoms with Crippen LogP contribution in [0.5, 0.6) is 0 Å². The van der Waals surface area contributed by atoms with Crippen molar-refractivity contribution >= 4 is 5.84 Å². The average molecular weight is 211 g/mol. The summed E-state index contributed by atoms with van der Waals surface area (Å²) in [6.07, 6.45) is 5.31. The normalized spacial score (nSPS) is 28.4. The Kier molecular flexibility index (Phi) is 5.09. The Hall–Kier alpha value is -0.570. The molecule has 15 heavy (non-hydrogen) atoms. The maximum Gasteiger partial charge on any atom is 0.0921 e. The molecule has 0 heterocycles. The molecule has 0 saturated heterocycles. The number of aliphatic imine (C=N–C) groups is 1. The molecule has 0 aliphatic heterocycles. The van der Waals surface area contributed by atoms with E-state index in [9.17, 15) is 0 Å². The molecule has 0 spiro atoms. The second-order valence-corrected chi connectivity index (χ2v) is 5.02. The molecular weight excluding hydrogens is 186 g/mol. The summed E-state index contributed by atoms with van der Waals surface area (Å²) in [4.78, 5) is 4.16. The first-order valence-electron chi connectivity index (χ1n) is 6.09. The fourth-order valence-electron chi connectivity index (χ4n) is 2.29. The Bertz CT molecular complexity index is 199. The van der Waals surface area contributed by atoms with Crippen LogP contribution in [0.1, 0.15) is 46.5 Å². The lowest BCUT2D eigenvalue weighted by molar-refractivity contribution is 0.240. The second-order valence-electron chi connectivity index (χ2n) is 5.02. The minimum absolute atomic E-state index is 0.656. The predicted octanol–water partition coefficient (Wildman–Crippen LogP) is 2.13. The van der Waals surface area contributed by atoms with Crippen molar-refractivity contribution < 1.29 is 0 Å². The zero-order valence-electron chi connectivity index (χ0n) is 10.3. The molecule has 1 saturated carbocycles. The van der Waals surface area contributed by atoms with Crippen LogP contribution in [0.3, 0.4) is 0 Å². The van der Waals surface area contributed by atoms with Gasteiger partial charge in [-0.2, -0.15) is 0 Å². The van der Waals surface area contributed by atoms with Crippen molar-refractivity contribution in [2.45, 2.75) is 52.5 Å². The summed E-state index contributed by atoms with van der Waals surface area (Å²) in [7, 11) is 0. The lowest BCUT2D eigenvalue weighted by Crippen LogP contribution is -2.34. The van der Waals surface area contributed by atoms with E-state index in [1.807, 2.05) is 6.92 Å². The van der Waals surface area contributed by atoms with E-state index >= 15 is 0 Å². The molecule has 3 heteroatoms. The summed E-state index contributed by atoms with van der Waals surface area (Å²) in [5.41, 5.74) is 5.48. The van der Waals surface area contributed by atoms with Crippen LogP contribution < -0.4 is 11.1 Å². The molecule has 3 nitrogen and oxygen atoms in total. The summed E-state index contributed by atoms with van der Waals surface area (Å²) in [5.74, 6) is 2.44. The third-order valence-corrected chi connectivity index (χ3v) is 3.42. The smallest absolute Gasteiger partial charge is 0.0921 e. The van der Waals surface area contributed by atoms with E-state index < -0.39 is 0 Å². The van der Waals surface area contributed by atoms with Gasteiger partial charge in [0.05, 0.1) is 12.5 Å². The van der Waals surface area contributed by atoms with Crippen molar-refractivity contribution in [3.8, 4) is 0 Å². The van der Waals surface area contributed by atoms with Crippen LogP contribution in [0.15, 0.2) is 4.99 Å². The Labute approximate surface area is 93.5 Å². The van der Waals surface area contributed by atoms with Crippen LogP contribution in [0.25, 0.3) is 0 Å². The highest BCUT2D eigenvalue weighted by molar-refractivity contribution is 5.77. The van der Waals surface area contributed by atoms with Gasteiger partial charge in [-0.15, -0.1) is 0 Å². The number of nitrogens with one attached hydrogen (secondary N) is 1. The molecule has 1 rings (SSSR count). The van der Waals surface area contributed by atoms with E-state index in [1.54, 1.807) is 0 Å². The van der Waals surface area contributed by atoms with Crippen LogP contribution in [0.4, 0.5) is 0 Å². The average Bonchev–Trinajstić information content (AvgIpc) is 2.18. The predicted molar refractivity (Wildman–Crippen MR) is 65.9 cm³/mol. The quantitative estimate of drug-likeness (QED) is 0.553. The van der Waals surface area contributed by atoms with Crippen LogP contribution >= 0.6 is 0 Å². The van der Waals surface area contributed by atoms with Crippen molar-refractivity contribution in [3.05, 3.63) is 0 Å². The minimum atomic E-state index is 0.656. The molecule has 0 amide bonds. The molecule has 88 valence electrons. The third-order valence-electron chi connectivity index (χ3n) is 3.42. The molecule has 0 unspecified atom stereocenters. The van der Waals surface area contributed by atoms with Gasteiger partial charge >= 0.3 is 0 Å². The number of rotatable bonds is 4. The van der Waals surface area contributed by atoms with Crippen molar-refractivity contribution in [1.82, 2.24) is 5.32 Å². The molecule has 3 N–H and O–H groups in total. The number of nitrogens with zero attached hydrogens (tertiary/aromatic N) is 1. The van der Waals surface area contributed by atoms with E-state index in [2.05, 4.69) is 24.2 Å². The zero-order chi connectivity index (χ0) is 11.3. The molecule has 0 aromatic heterocycles. The zero-order valence-corrected chi connectivity index (χ0v) is 10.3. The Morgan fingerprint density at radius 2 is 1.93 bits per heavy atom. The van der Waals surface area contributed by atoms with Gasteiger partial charge in [-0.3, -0.25) is 10.3 Å². The third kappa shape index (κ3) is 4.65. The Balaban J connectivity index is 2.17. The van der Waals surface area contributed by atoms with Gasteiger partial charge in [0.2, 0.25) is 0 Å². The summed E-state index contributed by atoms with van der Waals surface area (Å²) in [6.45, 7) is 7.18. The minimum Gasteiger partial charge on any atom is -0.388 e. The second kappa shape index (κ2) is 6.11. The molecule has 0 aromatic carbocycles. The number of hydrogen-bond acceptors (Lipinski definition) is 2. The van der Waals surface area contributed by atoms with Crippen molar-refractivity contribution in [1.29, 1.82) is 0 Å². The fourth-order valence-corrected chi connectivity index (χ4v) is 2.29. The molecule has 0 radical (unpaired) electrons. The van der Waals surface area contributed by atoms with Gasteiger partial charge in [0.15, 0.2) is 0 Å². The standard InChI is InChI=1S/C12H25N3/c1-9(2)11-4-6-12(7-5-11)15-8-14-10(3)13/h9,11-12,15H,4-8H2,1-3H3,(H2,13,14). The molecule has 1 fully saturated rings. The SMILES string of the molecule is C/C(N)=N/CNC1CCC(C(C)C)CC1. The highest BCUT2D eigenvalue weighted by Gasteiger charge is 2.22. The summed E-state index contributed by atoms with van der Waals surface area (Å²) >= 11 is 0. The van der Waals surface area contributed by atoms with E-state index in [4.69, 9.17) is 5.73 Å². The van der Waals surface area contributed by atoms with Crippen molar-refractivity contribution in [2.24, 2.45) is 22.6 Å². The molecule has 1 aliphatic rings. The van der Waals surface area contributed by atoms with Gasteiger partial charge in [-0.1, -0.05) is 13.8 Å². The lowest BCUT2D eigenvalue weighted by atomic mass is 9.80. The first kappa shape index (κ1) is 12.5. The van der Waals surface area contributed by atoms with Gasteiger partial charge in [-0.25, -0.2) is 0 Å². The van der Waals surface area contributed by atoms with Crippen LogP contribution in [-0.2, 0) is 0 Å². The van der Waals surface area contributed by atoms with Crippen molar-refractivity contribution in [3.63, 3.8) is 0 Å². The Morgan fingerprint density at radius 3 is 2.40 bits per heavy atom. The van der Waals surface area contributed by atoms with Gasteiger partial charge < -0.3 is 5.73 Å². The maximum atomic E-state index is 5.48. The van der Waals surface area contributed by atoms with Crippen LogP contribution in [-0.4, -0.2) is 18.5 Å². The number of hydrogen-bond donors (Lipinski definition) is 2. The van der Waals surface area contributed by atoms with E-state index in [0.717, 1.165) is 11.8 Å². The summed E-state index contributed by atoms with van der Waals surface area (Å²) in [5, 5.41) is 3.44. The lowest BCUT2D eigenvalue weighted by Gasteiger charge is -2.31. The fraction of sp³-hybridized carbons (Fsp3) is 0.917. The van der Waals surface area contributed by atoms with E-state index in [-0.39, 0.29) is 0 Å². The largest absolute Gasteiger partial charge is 0.388 e. The molecule has 0 atom stereocenters. The van der Waals surface area contributed by atoms with Gasteiger partial charge in [-0.05, 0) is 44.4 Å². The van der Waals surface area contributed by atoms with E-state index in [0.29, 0.717) is 18.5 Å². The monoisotopic (exact) mass is 211 g/mol.